The largest absolute Gasteiger partial charge is 0.486 e. The van der Waals surface area contributed by atoms with E-state index in [4.69, 9.17) is 9.47 Å². The molecule has 11 heteroatoms. The molecule has 1 aliphatic rings. The third kappa shape index (κ3) is 5.10. The molecule has 10 nitrogen and oxygen atoms in total. The van der Waals surface area contributed by atoms with Gasteiger partial charge in [-0.05, 0) is 37.1 Å². The molecule has 0 fully saturated rings. The predicted octanol–water partition coefficient (Wildman–Crippen LogP) is 2.79. The maximum atomic E-state index is 13.1. The van der Waals surface area contributed by atoms with Crippen molar-refractivity contribution in [3.05, 3.63) is 58.1 Å². The first kappa shape index (κ1) is 23.3. The molecule has 1 aliphatic heterocycles. The smallest absolute Gasteiger partial charge is 0.271 e. The van der Waals surface area contributed by atoms with E-state index in [0.717, 1.165) is 22.2 Å². The standard InChI is InChI=1S/C21H25N3O7S/c1-4-18(23(32(3,28)29)16-6-5-7-17(13-16)24(26)27)21(25)22-14(2)15-8-9-19-20(12-15)31-11-10-30-19/h5-9,12-14,18H,4,10-11H2,1-3H3,(H,22,25)/t14-,18-/m1/s1. The number of hydrogen-bond donors (Lipinski definition) is 1. The molecule has 0 spiro atoms. The van der Waals surface area contributed by atoms with Crippen LogP contribution in [0.25, 0.3) is 0 Å². The van der Waals surface area contributed by atoms with Gasteiger partial charge in [0.15, 0.2) is 11.5 Å². The first-order valence-electron chi connectivity index (χ1n) is 10.1. The summed E-state index contributed by atoms with van der Waals surface area (Å²) in [5.41, 5.74) is 0.547. The lowest BCUT2D eigenvalue weighted by Crippen LogP contribution is -2.49. The van der Waals surface area contributed by atoms with Crippen LogP contribution >= 0.6 is 0 Å². The summed E-state index contributed by atoms with van der Waals surface area (Å²) in [5.74, 6) is 0.682. The van der Waals surface area contributed by atoms with Gasteiger partial charge in [0.1, 0.15) is 19.3 Å². The SMILES string of the molecule is CC[C@H](C(=O)N[C@H](C)c1ccc2c(c1)OCCO2)N(c1cccc([N+](=O)[O-])c1)S(C)(=O)=O. The van der Waals surface area contributed by atoms with E-state index in [1.54, 1.807) is 32.0 Å². The molecule has 1 heterocycles. The molecule has 0 saturated carbocycles. The zero-order chi connectivity index (χ0) is 23.5. The number of rotatable bonds is 8. The number of carbonyl (C=O) groups excluding carboxylic acids is 1. The van der Waals surface area contributed by atoms with Crippen LogP contribution in [0.1, 0.15) is 31.9 Å². The van der Waals surface area contributed by atoms with Crippen molar-refractivity contribution in [1.82, 2.24) is 5.32 Å². The zero-order valence-corrected chi connectivity index (χ0v) is 18.8. The number of benzene rings is 2. The summed E-state index contributed by atoms with van der Waals surface area (Å²) >= 11 is 0. The van der Waals surface area contributed by atoms with E-state index in [0.29, 0.717) is 24.7 Å². The predicted molar refractivity (Wildman–Crippen MR) is 118 cm³/mol. The number of sulfonamides is 1. The fourth-order valence-electron chi connectivity index (χ4n) is 3.53. The fourth-order valence-corrected chi connectivity index (χ4v) is 4.73. The summed E-state index contributed by atoms with van der Waals surface area (Å²) in [5, 5.41) is 14.0. The molecule has 0 unspecified atom stereocenters. The van der Waals surface area contributed by atoms with Gasteiger partial charge >= 0.3 is 0 Å². The molecular weight excluding hydrogens is 438 g/mol. The Morgan fingerprint density at radius 3 is 2.50 bits per heavy atom. The van der Waals surface area contributed by atoms with Crippen molar-refractivity contribution in [2.45, 2.75) is 32.4 Å². The highest BCUT2D eigenvalue weighted by atomic mass is 32.2. The van der Waals surface area contributed by atoms with Crippen LogP contribution in [0, 0.1) is 10.1 Å². The minimum Gasteiger partial charge on any atom is -0.486 e. The maximum absolute atomic E-state index is 13.1. The highest BCUT2D eigenvalue weighted by Crippen LogP contribution is 2.33. The van der Waals surface area contributed by atoms with E-state index in [2.05, 4.69) is 5.32 Å². The molecule has 0 bridgehead atoms. The number of nitro benzene ring substituents is 1. The van der Waals surface area contributed by atoms with E-state index in [-0.39, 0.29) is 17.8 Å². The van der Waals surface area contributed by atoms with Crippen molar-refractivity contribution in [1.29, 1.82) is 0 Å². The Morgan fingerprint density at radius 2 is 1.88 bits per heavy atom. The molecule has 172 valence electrons. The van der Waals surface area contributed by atoms with Gasteiger partial charge in [-0.3, -0.25) is 19.2 Å². The highest BCUT2D eigenvalue weighted by Gasteiger charge is 2.33. The maximum Gasteiger partial charge on any atom is 0.271 e. The number of fused-ring (bicyclic) bond motifs is 1. The number of anilines is 1. The number of non-ortho nitro benzene ring substituents is 1. The minimum atomic E-state index is -3.92. The number of nitrogens with one attached hydrogen (secondary N) is 1. The number of hydrogen-bond acceptors (Lipinski definition) is 7. The molecule has 2 aromatic carbocycles. The number of ether oxygens (including phenoxy) is 2. The van der Waals surface area contributed by atoms with Crippen LogP contribution in [0.2, 0.25) is 0 Å². The Kier molecular flexibility index (Phi) is 6.87. The molecule has 0 aromatic heterocycles. The second-order valence-electron chi connectivity index (χ2n) is 7.39. The van der Waals surface area contributed by atoms with Gasteiger partial charge in [0.25, 0.3) is 5.69 Å². The van der Waals surface area contributed by atoms with Gasteiger partial charge in [0.2, 0.25) is 15.9 Å². The Labute approximate surface area is 186 Å². The first-order valence-corrected chi connectivity index (χ1v) is 11.9. The second kappa shape index (κ2) is 9.43. The summed E-state index contributed by atoms with van der Waals surface area (Å²) in [4.78, 5) is 23.6. The van der Waals surface area contributed by atoms with Crippen LogP contribution in [0.4, 0.5) is 11.4 Å². The normalized spacial score (nSPS) is 14.8. The van der Waals surface area contributed by atoms with Crippen LogP contribution < -0.4 is 19.1 Å². The van der Waals surface area contributed by atoms with Gasteiger partial charge in [0, 0.05) is 12.1 Å². The van der Waals surface area contributed by atoms with E-state index < -0.39 is 32.9 Å². The second-order valence-corrected chi connectivity index (χ2v) is 9.25. The number of amides is 1. The van der Waals surface area contributed by atoms with E-state index in [9.17, 15) is 23.3 Å². The van der Waals surface area contributed by atoms with E-state index in [1.807, 2.05) is 0 Å². The lowest BCUT2D eigenvalue weighted by atomic mass is 10.1. The third-order valence-corrected chi connectivity index (χ3v) is 6.23. The average Bonchev–Trinajstić information content (AvgIpc) is 2.76. The summed E-state index contributed by atoms with van der Waals surface area (Å²) in [6.07, 6.45) is 1.13. The lowest BCUT2D eigenvalue weighted by molar-refractivity contribution is -0.384. The Balaban J connectivity index is 1.86. The summed E-state index contributed by atoms with van der Waals surface area (Å²) in [6.45, 7) is 4.35. The Morgan fingerprint density at radius 1 is 1.19 bits per heavy atom. The minimum absolute atomic E-state index is 0.0516. The van der Waals surface area contributed by atoms with Crippen LogP contribution in [0.5, 0.6) is 11.5 Å². The van der Waals surface area contributed by atoms with Crippen molar-refractivity contribution in [2.75, 3.05) is 23.8 Å². The fraction of sp³-hybridized carbons (Fsp3) is 0.381. The van der Waals surface area contributed by atoms with E-state index in [1.165, 1.54) is 18.2 Å². The van der Waals surface area contributed by atoms with Crippen LogP contribution in [-0.2, 0) is 14.8 Å². The van der Waals surface area contributed by atoms with E-state index >= 15 is 0 Å². The van der Waals surface area contributed by atoms with Crippen molar-refractivity contribution in [2.24, 2.45) is 0 Å². The molecule has 0 aliphatic carbocycles. The topological polar surface area (TPSA) is 128 Å². The first-order chi connectivity index (χ1) is 15.1. The van der Waals surface area contributed by atoms with Gasteiger partial charge in [-0.1, -0.05) is 19.1 Å². The zero-order valence-electron chi connectivity index (χ0n) is 18.0. The quantitative estimate of drug-likeness (QED) is 0.471. The molecule has 0 saturated heterocycles. The molecule has 0 radical (unpaired) electrons. The summed E-state index contributed by atoms with van der Waals surface area (Å²) in [7, 11) is -3.92. The van der Waals surface area contributed by atoms with Crippen molar-refractivity contribution < 1.29 is 27.6 Å². The third-order valence-electron chi connectivity index (χ3n) is 5.05. The Hall–Kier alpha value is -3.34. The van der Waals surface area contributed by atoms with Gasteiger partial charge in [-0.25, -0.2) is 8.42 Å². The van der Waals surface area contributed by atoms with Gasteiger partial charge in [-0.15, -0.1) is 0 Å². The molecule has 1 N–H and O–H groups in total. The molecular formula is C21H25N3O7S. The van der Waals surface area contributed by atoms with Gasteiger partial charge < -0.3 is 14.8 Å². The summed E-state index contributed by atoms with van der Waals surface area (Å²) < 4.78 is 37.2. The highest BCUT2D eigenvalue weighted by molar-refractivity contribution is 7.92. The van der Waals surface area contributed by atoms with Gasteiger partial charge in [-0.2, -0.15) is 0 Å². The molecule has 32 heavy (non-hydrogen) atoms. The molecule has 2 aromatic rings. The number of nitrogens with zero attached hydrogens (tertiary/aromatic N) is 2. The van der Waals surface area contributed by atoms with Crippen LogP contribution in [-0.4, -0.2) is 44.8 Å². The van der Waals surface area contributed by atoms with Gasteiger partial charge in [0.05, 0.1) is 22.9 Å². The molecule has 3 rings (SSSR count). The summed E-state index contributed by atoms with van der Waals surface area (Å²) in [6, 6.07) is 9.00. The molecule has 1 amide bonds. The number of carbonyl (C=O) groups is 1. The van der Waals surface area contributed by atoms with Crippen LogP contribution in [0.15, 0.2) is 42.5 Å². The Bertz CT molecular complexity index is 1120. The monoisotopic (exact) mass is 463 g/mol. The van der Waals surface area contributed by atoms with Crippen molar-refractivity contribution in [3.63, 3.8) is 0 Å². The molecule has 2 atom stereocenters. The lowest BCUT2D eigenvalue weighted by Gasteiger charge is -2.31. The number of nitro groups is 1. The van der Waals surface area contributed by atoms with Crippen molar-refractivity contribution >= 4 is 27.3 Å². The average molecular weight is 464 g/mol. The van der Waals surface area contributed by atoms with Crippen molar-refractivity contribution in [3.8, 4) is 11.5 Å². The van der Waals surface area contributed by atoms with Crippen LogP contribution in [0.3, 0.4) is 0 Å².